The van der Waals surface area contributed by atoms with Crippen molar-refractivity contribution in [2.45, 2.75) is 24.7 Å². The molecule has 2 fully saturated rings. The Morgan fingerprint density at radius 3 is 2.19 bits per heavy atom. The number of urea groups is 1. The molecular weight excluding hydrogens is 560 g/mol. The number of hydrogen-bond donors (Lipinski definition) is 0. The lowest BCUT2D eigenvalue weighted by atomic mass is 9.84. The molecule has 2 saturated heterocycles. The van der Waals surface area contributed by atoms with Gasteiger partial charge in [-0.05, 0) is 59.9 Å². The van der Waals surface area contributed by atoms with Crippen LogP contribution in [0.25, 0.3) is 17.2 Å². The minimum atomic E-state index is -4.44. The molecule has 11 heteroatoms. The van der Waals surface area contributed by atoms with E-state index in [1.807, 2.05) is 6.08 Å². The van der Waals surface area contributed by atoms with Crippen LogP contribution in [0.1, 0.15) is 34.7 Å². The van der Waals surface area contributed by atoms with E-state index in [4.69, 9.17) is 4.74 Å². The van der Waals surface area contributed by atoms with Gasteiger partial charge in [-0.2, -0.15) is 26.3 Å². The molecule has 2 unspecified atom stereocenters. The number of likely N-dealkylation sites (tertiary alicyclic amines) is 1. The minimum Gasteiger partial charge on any atom is -0.378 e. The Morgan fingerprint density at radius 2 is 1.55 bits per heavy atom. The van der Waals surface area contributed by atoms with Crippen molar-refractivity contribution in [3.63, 3.8) is 0 Å². The van der Waals surface area contributed by atoms with E-state index in [9.17, 15) is 31.1 Å². The molecule has 2 atom stereocenters. The van der Waals surface area contributed by atoms with E-state index in [-0.39, 0.29) is 17.9 Å². The number of aromatic nitrogens is 1. The van der Waals surface area contributed by atoms with Crippen molar-refractivity contribution in [2.24, 2.45) is 5.92 Å². The summed E-state index contributed by atoms with van der Waals surface area (Å²) in [7, 11) is 0. The van der Waals surface area contributed by atoms with Gasteiger partial charge in [-0.25, -0.2) is 4.79 Å². The highest BCUT2D eigenvalue weighted by atomic mass is 19.4. The normalized spacial score (nSPS) is 20.2. The second kappa shape index (κ2) is 12.2. The standard InChI is InChI=1S/C31H29F6N3O2/c32-30(33,34)26-8-5-22(6-9-26)25-16-21(19-40(20-25)29(41)39-12-14-42-15-13-39)4-10-28-11-7-24(18-38-28)23-2-1-3-27(17-23)31(35,36)37/h1-11,17-18,21,25H,12-16,19-20H2/b10-4+. The number of halogens is 6. The first kappa shape index (κ1) is 29.6. The lowest BCUT2D eigenvalue weighted by molar-refractivity contribution is -0.138. The van der Waals surface area contributed by atoms with Gasteiger partial charge >= 0.3 is 18.4 Å². The van der Waals surface area contributed by atoms with E-state index in [0.29, 0.717) is 62.6 Å². The Kier molecular flexibility index (Phi) is 8.58. The molecule has 5 nitrogen and oxygen atoms in total. The molecule has 0 aliphatic carbocycles. The topological polar surface area (TPSA) is 45.7 Å². The third kappa shape index (κ3) is 7.13. The Morgan fingerprint density at radius 1 is 0.833 bits per heavy atom. The summed E-state index contributed by atoms with van der Waals surface area (Å²) >= 11 is 0. The molecule has 0 N–H and O–H groups in total. The molecule has 0 spiro atoms. The fraction of sp³-hybridized carbons (Fsp3) is 0.355. The third-order valence-electron chi connectivity index (χ3n) is 7.59. The molecule has 222 valence electrons. The maximum absolute atomic E-state index is 13.3. The average molecular weight is 590 g/mol. The molecule has 3 heterocycles. The van der Waals surface area contributed by atoms with Crippen molar-refractivity contribution in [1.82, 2.24) is 14.8 Å². The summed E-state index contributed by atoms with van der Waals surface area (Å²) in [5.41, 5.74) is 0.801. The van der Waals surface area contributed by atoms with Gasteiger partial charge in [0.15, 0.2) is 0 Å². The van der Waals surface area contributed by atoms with Crippen molar-refractivity contribution in [1.29, 1.82) is 0 Å². The van der Waals surface area contributed by atoms with Crippen LogP contribution in [0, 0.1) is 5.92 Å². The Bertz CT molecular complexity index is 1400. The Labute approximate surface area is 239 Å². The smallest absolute Gasteiger partial charge is 0.378 e. The van der Waals surface area contributed by atoms with Crippen LogP contribution in [-0.4, -0.2) is 60.2 Å². The Balaban J connectivity index is 1.33. The first-order valence-corrected chi connectivity index (χ1v) is 13.6. The van der Waals surface area contributed by atoms with Gasteiger partial charge in [0.1, 0.15) is 0 Å². The number of ether oxygens (including phenoxy) is 1. The lowest BCUT2D eigenvalue weighted by Gasteiger charge is -2.40. The number of carbonyl (C=O) groups is 1. The largest absolute Gasteiger partial charge is 0.416 e. The fourth-order valence-electron chi connectivity index (χ4n) is 5.36. The van der Waals surface area contributed by atoms with E-state index in [1.165, 1.54) is 24.4 Å². The van der Waals surface area contributed by atoms with Crippen LogP contribution in [-0.2, 0) is 17.1 Å². The van der Waals surface area contributed by atoms with Crippen LogP contribution < -0.4 is 0 Å². The highest BCUT2D eigenvalue weighted by Gasteiger charge is 2.34. The first-order chi connectivity index (χ1) is 20.0. The molecule has 5 rings (SSSR count). The van der Waals surface area contributed by atoms with E-state index >= 15 is 0 Å². The molecule has 42 heavy (non-hydrogen) atoms. The summed E-state index contributed by atoms with van der Waals surface area (Å²) in [6, 6.07) is 13.4. The maximum Gasteiger partial charge on any atom is 0.416 e. The number of benzene rings is 2. The second-order valence-electron chi connectivity index (χ2n) is 10.5. The van der Waals surface area contributed by atoms with Gasteiger partial charge in [0, 0.05) is 43.9 Å². The maximum atomic E-state index is 13.3. The third-order valence-corrected chi connectivity index (χ3v) is 7.59. The zero-order valence-electron chi connectivity index (χ0n) is 22.5. The van der Waals surface area contributed by atoms with Gasteiger partial charge in [-0.3, -0.25) is 4.98 Å². The quantitative estimate of drug-likeness (QED) is 0.299. The van der Waals surface area contributed by atoms with E-state index < -0.39 is 23.5 Å². The number of alkyl halides is 6. The highest BCUT2D eigenvalue weighted by molar-refractivity contribution is 5.75. The van der Waals surface area contributed by atoms with Crippen molar-refractivity contribution >= 4 is 12.1 Å². The number of morpholine rings is 1. The van der Waals surface area contributed by atoms with Gasteiger partial charge in [0.25, 0.3) is 0 Å². The molecule has 2 aliphatic heterocycles. The number of nitrogens with zero attached hydrogens (tertiary/aromatic N) is 3. The van der Waals surface area contributed by atoms with Crippen molar-refractivity contribution < 1.29 is 35.9 Å². The molecule has 0 bridgehead atoms. The van der Waals surface area contributed by atoms with Crippen LogP contribution in [0.3, 0.4) is 0 Å². The van der Waals surface area contributed by atoms with Crippen LogP contribution in [0.5, 0.6) is 0 Å². The zero-order valence-corrected chi connectivity index (χ0v) is 22.5. The van der Waals surface area contributed by atoms with Gasteiger partial charge in [0.2, 0.25) is 0 Å². The summed E-state index contributed by atoms with van der Waals surface area (Å²) in [6.07, 6.45) is -3.01. The molecule has 2 aromatic carbocycles. The number of amides is 2. The van der Waals surface area contributed by atoms with Crippen molar-refractivity contribution in [3.8, 4) is 11.1 Å². The van der Waals surface area contributed by atoms with E-state index in [0.717, 1.165) is 29.8 Å². The molecule has 2 amide bonds. The predicted molar refractivity (Wildman–Crippen MR) is 145 cm³/mol. The molecule has 1 aromatic heterocycles. The van der Waals surface area contributed by atoms with Crippen LogP contribution in [0.2, 0.25) is 0 Å². The summed E-state index contributed by atoms with van der Waals surface area (Å²) in [5, 5.41) is 0. The van der Waals surface area contributed by atoms with Gasteiger partial charge < -0.3 is 14.5 Å². The molecule has 0 saturated carbocycles. The molecular formula is C31H29F6N3O2. The summed E-state index contributed by atoms with van der Waals surface area (Å²) in [6.45, 7) is 2.68. The SMILES string of the molecule is O=C(N1CCOCC1)N1CC(/C=C/c2ccc(-c3cccc(C(F)(F)F)c3)cn2)CC(c2ccc(C(F)(F)F)cc2)C1. The molecule has 0 radical (unpaired) electrons. The fourth-order valence-corrected chi connectivity index (χ4v) is 5.36. The number of pyridine rings is 1. The highest BCUT2D eigenvalue weighted by Crippen LogP contribution is 2.35. The molecule has 3 aromatic rings. The summed E-state index contributed by atoms with van der Waals surface area (Å²) < 4.78 is 84.0. The number of hydrogen-bond acceptors (Lipinski definition) is 3. The van der Waals surface area contributed by atoms with Crippen molar-refractivity contribution in [3.05, 3.63) is 95.3 Å². The first-order valence-electron chi connectivity index (χ1n) is 13.6. The number of rotatable bonds is 4. The minimum absolute atomic E-state index is 0.0963. The second-order valence-corrected chi connectivity index (χ2v) is 10.5. The zero-order chi connectivity index (χ0) is 29.9. The van der Waals surface area contributed by atoms with Gasteiger partial charge in [-0.1, -0.05) is 36.4 Å². The molecule has 2 aliphatic rings. The predicted octanol–water partition coefficient (Wildman–Crippen LogP) is 7.36. The van der Waals surface area contributed by atoms with Gasteiger partial charge in [-0.15, -0.1) is 0 Å². The number of piperidine rings is 1. The summed E-state index contributed by atoms with van der Waals surface area (Å²) in [5.74, 6) is -0.266. The van der Waals surface area contributed by atoms with Crippen LogP contribution in [0.15, 0.2) is 72.9 Å². The lowest BCUT2D eigenvalue weighted by Crippen LogP contribution is -2.52. The monoisotopic (exact) mass is 589 g/mol. The van der Waals surface area contributed by atoms with Crippen molar-refractivity contribution in [2.75, 3.05) is 39.4 Å². The van der Waals surface area contributed by atoms with Crippen LogP contribution in [0.4, 0.5) is 31.1 Å². The summed E-state index contributed by atoms with van der Waals surface area (Å²) in [4.78, 5) is 21.2. The van der Waals surface area contributed by atoms with E-state index in [1.54, 1.807) is 34.1 Å². The number of carbonyl (C=O) groups excluding carboxylic acids is 1. The van der Waals surface area contributed by atoms with E-state index in [2.05, 4.69) is 4.98 Å². The average Bonchev–Trinajstić information content (AvgIpc) is 2.99. The van der Waals surface area contributed by atoms with Crippen LogP contribution >= 0.6 is 0 Å². The van der Waals surface area contributed by atoms with Gasteiger partial charge in [0.05, 0.1) is 30.0 Å². The Hall–Kier alpha value is -3.86.